The highest BCUT2D eigenvalue weighted by molar-refractivity contribution is 6.58. The van der Waals surface area contributed by atoms with Gasteiger partial charge < -0.3 is 0 Å². The van der Waals surface area contributed by atoms with Gasteiger partial charge in [-0.05, 0) is 6.92 Å². The molecule has 0 saturated heterocycles. The maximum atomic E-state index is 10.9. The van der Waals surface area contributed by atoms with Gasteiger partial charge in [0, 0.05) is 12.6 Å². The van der Waals surface area contributed by atoms with E-state index in [1.54, 1.807) is 6.92 Å². The molecule has 0 saturated carbocycles. The lowest BCUT2D eigenvalue weighted by Crippen LogP contribution is -2.13. The molecule has 66 valence electrons. The topological polar surface area (TPSA) is 50.7 Å². The Morgan fingerprint density at radius 1 is 1.58 bits per heavy atom. The van der Waals surface area contributed by atoms with Crippen LogP contribution in [0.25, 0.3) is 5.57 Å². The summed E-state index contributed by atoms with van der Waals surface area (Å²) in [5.74, 6) is 0.391. The van der Waals surface area contributed by atoms with Gasteiger partial charge in [0.05, 0.1) is 0 Å². The third kappa shape index (κ3) is 1.70. The van der Waals surface area contributed by atoms with Crippen LogP contribution in [0.15, 0.2) is 9.29 Å². The number of rotatable bonds is 1. The van der Waals surface area contributed by atoms with Crippen LogP contribution in [0.4, 0.5) is 0 Å². The number of allylic oxidation sites excluding steroid dienone is 1. The Labute approximate surface area is 78.8 Å². The number of halogens is 2. The summed E-state index contributed by atoms with van der Waals surface area (Å²) < 4.78 is 1.28. The molecular weight excluding hydrogens is 201 g/mol. The monoisotopic (exact) mass is 207 g/mol. The van der Waals surface area contributed by atoms with E-state index in [0.717, 1.165) is 0 Å². The first-order valence-electron chi connectivity index (χ1n) is 3.18. The van der Waals surface area contributed by atoms with Crippen molar-refractivity contribution in [1.82, 2.24) is 14.8 Å². The fourth-order valence-corrected chi connectivity index (χ4v) is 0.840. The smallest absolute Gasteiger partial charge is 0.289 e. The molecule has 1 heterocycles. The molecule has 0 bridgehead atoms. The molecule has 0 unspecified atom stereocenters. The molecule has 12 heavy (non-hydrogen) atoms. The Kier molecular flexibility index (Phi) is 2.59. The van der Waals surface area contributed by atoms with Crippen LogP contribution in [0.3, 0.4) is 0 Å². The summed E-state index contributed by atoms with van der Waals surface area (Å²) >= 11 is 11.0. The molecule has 4 nitrogen and oxygen atoms in total. The van der Waals surface area contributed by atoms with Gasteiger partial charge in [0.1, 0.15) is 4.49 Å². The highest BCUT2D eigenvalue weighted by atomic mass is 35.5. The van der Waals surface area contributed by atoms with Gasteiger partial charge in [-0.1, -0.05) is 23.2 Å². The lowest BCUT2D eigenvalue weighted by molar-refractivity contribution is 0.731. The van der Waals surface area contributed by atoms with Gasteiger partial charge in [0.2, 0.25) is 0 Å². The first-order valence-corrected chi connectivity index (χ1v) is 3.93. The zero-order valence-electron chi connectivity index (χ0n) is 6.56. The molecule has 0 amide bonds. The van der Waals surface area contributed by atoms with Crippen LogP contribution in [0, 0.1) is 0 Å². The third-order valence-corrected chi connectivity index (χ3v) is 1.97. The molecule has 1 rings (SSSR count). The van der Waals surface area contributed by atoms with Crippen LogP contribution in [0.5, 0.6) is 0 Å². The summed E-state index contributed by atoms with van der Waals surface area (Å²) in [6.07, 6.45) is 0. The van der Waals surface area contributed by atoms with E-state index < -0.39 is 0 Å². The number of aromatic nitrogens is 3. The molecule has 0 fully saturated rings. The Bertz CT molecular complexity index is 372. The molecule has 0 aliphatic heterocycles. The van der Waals surface area contributed by atoms with Crippen molar-refractivity contribution in [3.8, 4) is 0 Å². The summed E-state index contributed by atoms with van der Waals surface area (Å²) in [4.78, 5) is 13.4. The van der Waals surface area contributed by atoms with Gasteiger partial charge in [-0.3, -0.25) is 4.98 Å². The van der Waals surface area contributed by atoms with Crippen molar-refractivity contribution in [3.63, 3.8) is 0 Å². The summed E-state index contributed by atoms with van der Waals surface area (Å²) in [6, 6.07) is 0. The molecule has 1 aromatic heterocycles. The summed E-state index contributed by atoms with van der Waals surface area (Å²) in [7, 11) is 1.54. The summed E-state index contributed by atoms with van der Waals surface area (Å²) in [6.45, 7) is 1.67. The van der Waals surface area contributed by atoms with E-state index in [-0.39, 0.29) is 10.2 Å². The van der Waals surface area contributed by atoms with Crippen LogP contribution < -0.4 is 5.69 Å². The van der Waals surface area contributed by atoms with Crippen LogP contribution in [0.1, 0.15) is 12.7 Å². The second-order valence-corrected chi connectivity index (χ2v) is 3.24. The minimum absolute atomic E-state index is 0.101. The minimum Gasteiger partial charge on any atom is -0.289 e. The largest absolute Gasteiger partial charge is 0.343 e. The fraction of sp³-hybridized carbons (Fsp3) is 0.333. The number of aromatic amines is 1. The van der Waals surface area contributed by atoms with Crippen LogP contribution in [-0.4, -0.2) is 14.8 Å². The van der Waals surface area contributed by atoms with Crippen LogP contribution in [0.2, 0.25) is 0 Å². The Morgan fingerprint density at radius 3 is 2.50 bits per heavy atom. The zero-order chi connectivity index (χ0) is 9.30. The van der Waals surface area contributed by atoms with Gasteiger partial charge in [-0.15, -0.1) is 0 Å². The second-order valence-electron chi connectivity index (χ2n) is 2.29. The second kappa shape index (κ2) is 3.33. The Morgan fingerprint density at radius 2 is 2.17 bits per heavy atom. The highest BCUT2D eigenvalue weighted by Gasteiger charge is 2.06. The van der Waals surface area contributed by atoms with Gasteiger partial charge >= 0.3 is 5.69 Å². The van der Waals surface area contributed by atoms with Gasteiger partial charge in [-0.2, -0.15) is 5.10 Å². The van der Waals surface area contributed by atoms with Crippen molar-refractivity contribution in [2.75, 3.05) is 0 Å². The lowest BCUT2D eigenvalue weighted by atomic mass is 10.3. The van der Waals surface area contributed by atoms with Crippen molar-refractivity contribution in [2.24, 2.45) is 7.05 Å². The summed E-state index contributed by atoms with van der Waals surface area (Å²) in [5.41, 5.74) is 0.259. The predicted molar refractivity (Wildman–Crippen MR) is 48.1 cm³/mol. The van der Waals surface area contributed by atoms with Gasteiger partial charge in [0.15, 0.2) is 5.82 Å². The quantitative estimate of drug-likeness (QED) is 0.755. The van der Waals surface area contributed by atoms with Gasteiger partial charge in [0.25, 0.3) is 0 Å². The lowest BCUT2D eigenvalue weighted by Gasteiger charge is -1.92. The number of aryl methyl sites for hydroxylation is 1. The molecule has 0 aromatic carbocycles. The Balaban J connectivity index is 3.23. The standard InChI is InChI=1S/C6H7Cl2N3O/c1-3(4(7)8)5-9-6(12)11(2)10-5/h1-2H3,(H,9,10,12). The van der Waals surface area contributed by atoms with Crippen LogP contribution >= 0.6 is 23.2 Å². The first kappa shape index (κ1) is 9.35. The average molecular weight is 208 g/mol. The Hall–Kier alpha value is -0.740. The molecular formula is C6H7Cl2N3O. The van der Waals surface area contributed by atoms with E-state index >= 15 is 0 Å². The highest BCUT2D eigenvalue weighted by Crippen LogP contribution is 2.19. The molecule has 6 heteroatoms. The first-order chi connectivity index (χ1) is 5.52. The molecule has 0 aliphatic carbocycles. The van der Waals surface area contributed by atoms with E-state index in [2.05, 4.69) is 10.1 Å². The number of hydrogen-bond acceptors (Lipinski definition) is 2. The normalized spacial score (nSPS) is 10.0. The summed E-state index contributed by atoms with van der Waals surface area (Å²) in [5, 5.41) is 3.85. The number of nitrogens with zero attached hydrogens (tertiary/aromatic N) is 2. The van der Waals surface area contributed by atoms with E-state index in [4.69, 9.17) is 23.2 Å². The number of H-pyrrole nitrogens is 1. The molecule has 0 atom stereocenters. The van der Waals surface area contributed by atoms with Crippen molar-refractivity contribution < 1.29 is 0 Å². The van der Waals surface area contributed by atoms with Crippen molar-refractivity contribution >= 4 is 28.8 Å². The third-order valence-electron chi connectivity index (χ3n) is 1.41. The van der Waals surface area contributed by atoms with E-state index in [9.17, 15) is 4.79 Å². The van der Waals surface area contributed by atoms with Crippen molar-refractivity contribution in [1.29, 1.82) is 0 Å². The van der Waals surface area contributed by atoms with E-state index in [1.807, 2.05) is 0 Å². The minimum atomic E-state index is -0.293. The maximum absolute atomic E-state index is 10.9. The maximum Gasteiger partial charge on any atom is 0.343 e. The predicted octanol–water partition coefficient (Wildman–Crippen LogP) is 1.27. The zero-order valence-corrected chi connectivity index (χ0v) is 8.07. The van der Waals surface area contributed by atoms with E-state index in [0.29, 0.717) is 11.4 Å². The molecule has 1 aromatic rings. The fourth-order valence-electron chi connectivity index (χ4n) is 0.661. The van der Waals surface area contributed by atoms with E-state index in [1.165, 1.54) is 11.7 Å². The molecule has 0 spiro atoms. The average Bonchev–Trinajstić information content (AvgIpc) is 2.30. The van der Waals surface area contributed by atoms with Crippen molar-refractivity contribution in [3.05, 3.63) is 20.8 Å². The van der Waals surface area contributed by atoms with Crippen molar-refractivity contribution in [2.45, 2.75) is 6.92 Å². The number of hydrogen-bond donors (Lipinski definition) is 1. The molecule has 0 radical (unpaired) electrons. The molecule has 0 aliphatic rings. The molecule has 1 N–H and O–H groups in total. The van der Waals surface area contributed by atoms with Crippen LogP contribution in [-0.2, 0) is 7.05 Å². The SMILES string of the molecule is CC(=C(Cl)Cl)c1nn(C)c(=O)[nH]1. The number of nitrogens with one attached hydrogen (secondary N) is 1. The van der Waals surface area contributed by atoms with Gasteiger partial charge in [-0.25, -0.2) is 9.48 Å².